The van der Waals surface area contributed by atoms with Crippen LogP contribution in [0.15, 0.2) is 83.5 Å². The highest BCUT2D eigenvalue weighted by molar-refractivity contribution is 6.22. The van der Waals surface area contributed by atoms with Crippen molar-refractivity contribution >= 4 is 35.2 Å². The fourth-order valence-corrected chi connectivity index (χ4v) is 4.73. The lowest BCUT2D eigenvalue weighted by Gasteiger charge is -2.22. The van der Waals surface area contributed by atoms with E-state index in [2.05, 4.69) is 0 Å². The van der Waals surface area contributed by atoms with E-state index in [-0.39, 0.29) is 40.4 Å². The molecule has 0 bridgehead atoms. The van der Waals surface area contributed by atoms with Crippen molar-refractivity contribution in [3.63, 3.8) is 0 Å². The van der Waals surface area contributed by atoms with Gasteiger partial charge in [-0.3, -0.25) is 19.3 Å². The Morgan fingerprint density at radius 2 is 1.74 bits per heavy atom. The molecule has 2 amide bonds. The van der Waals surface area contributed by atoms with E-state index in [1.165, 1.54) is 48.7 Å². The average molecular weight is 514 g/mol. The minimum absolute atomic E-state index is 0.0459. The molecule has 2 heterocycles. The molecule has 192 valence electrons. The van der Waals surface area contributed by atoms with Crippen LogP contribution in [0.2, 0.25) is 0 Å². The fraction of sp³-hybridized carbons (Fsp3) is 0.207. The molecule has 1 fully saturated rings. The van der Waals surface area contributed by atoms with Gasteiger partial charge in [0, 0.05) is 5.56 Å². The van der Waals surface area contributed by atoms with Gasteiger partial charge in [0.15, 0.2) is 12.4 Å². The summed E-state index contributed by atoms with van der Waals surface area (Å²) in [5, 5.41) is 0. The Bertz CT molecular complexity index is 1440. The van der Waals surface area contributed by atoms with Crippen LogP contribution in [0.3, 0.4) is 0 Å². The van der Waals surface area contributed by atoms with Crippen LogP contribution in [0.5, 0.6) is 5.75 Å². The van der Waals surface area contributed by atoms with E-state index in [1.54, 1.807) is 18.2 Å². The van der Waals surface area contributed by atoms with Crippen LogP contribution in [0.25, 0.3) is 0 Å². The third kappa shape index (κ3) is 4.78. The summed E-state index contributed by atoms with van der Waals surface area (Å²) >= 11 is 0. The lowest BCUT2D eigenvalue weighted by Crippen LogP contribution is -2.31. The highest BCUT2D eigenvalue weighted by Crippen LogP contribution is 2.40. The van der Waals surface area contributed by atoms with Crippen LogP contribution in [0.4, 0.5) is 5.69 Å². The smallest absolute Gasteiger partial charge is 0.379 e. The van der Waals surface area contributed by atoms with Crippen molar-refractivity contribution in [2.45, 2.75) is 13.3 Å². The molecule has 5 rings (SSSR count). The largest absolute Gasteiger partial charge is 0.457 e. The molecule has 38 heavy (non-hydrogen) atoms. The predicted molar refractivity (Wildman–Crippen MR) is 134 cm³/mol. The highest BCUT2D eigenvalue weighted by Gasteiger charge is 2.50. The van der Waals surface area contributed by atoms with Crippen molar-refractivity contribution in [1.29, 1.82) is 0 Å². The Labute approximate surface area is 217 Å². The second kappa shape index (κ2) is 10.3. The number of nitrogens with zero attached hydrogens (tertiary/aromatic N) is 1. The first-order valence-corrected chi connectivity index (χ1v) is 12.0. The number of rotatable bonds is 7. The van der Waals surface area contributed by atoms with E-state index in [4.69, 9.17) is 13.9 Å². The third-order valence-corrected chi connectivity index (χ3v) is 6.66. The Balaban J connectivity index is 1.20. The van der Waals surface area contributed by atoms with Crippen molar-refractivity contribution in [2.24, 2.45) is 17.8 Å². The number of fused-ring (bicyclic) bond motifs is 1. The zero-order chi connectivity index (χ0) is 26.8. The molecule has 9 heteroatoms. The number of ketones is 1. The molecular weight excluding hydrogens is 490 g/mol. The third-order valence-electron chi connectivity index (χ3n) is 6.66. The number of benzene rings is 2. The number of furan rings is 1. The standard InChI is InChI=1S/C29H23NO8/c1-17-5-2-8-22-25(17)27(33)30(26(22)32)20-7-3-6-19(15-20)28(34)37-16-23(31)18-10-12-21(13-11-18)38-29(35)24-9-4-14-36-24/h2-7,9-15,17,22,25H,8,16H2,1H3. The van der Waals surface area contributed by atoms with Gasteiger partial charge >= 0.3 is 11.9 Å². The van der Waals surface area contributed by atoms with Gasteiger partial charge in [-0.25, -0.2) is 9.59 Å². The average Bonchev–Trinajstić information content (AvgIpc) is 3.55. The molecule has 2 aliphatic rings. The second-order valence-electron chi connectivity index (χ2n) is 9.11. The van der Waals surface area contributed by atoms with Crippen LogP contribution in [-0.4, -0.2) is 36.1 Å². The van der Waals surface area contributed by atoms with Gasteiger partial charge in [0.1, 0.15) is 5.75 Å². The number of ether oxygens (including phenoxy) is 2. The minimum atomic E-state index is -0.768. The maximum atomic E-state index is 13.0. The minimum Gasteiger partial charge on any atom is -0.457 e. The Morgan fingerprint density at radius 3 is 2.45 bits per heavy atom. The zero-order valence-corrected chi connectivity index (χ0v) is 20.4. The monoisotopic (exact) mass is 513 g/mol. The molecule has 3 aromatic rings. The van der Waals surface area contributed by atoms with E-state index in [0.717, 1.165) is 4.90 Å². The Hall–Kier alpha value is -4.79. The SMILES string of the molecule is CC1C=CCC2C(=O)N(c3cccc(C(=O)OCC(=O)c4ccc(OC(=O)c5ccco5)cc4)c3)C(=O)C12. The summed E-state index contributed by atoms with van der Waals surface area (Å²) < 4.78 is 15.3. The van der Waals surface area contributed by atoms with Crippen LogP contribution in [-0.2, 0) is 14.3 Å². The van der Waals surface area contributed by atoms with Gasteiger partial charge in [-0.05, 0) is 66.9 Å². The Kier molecular flexibility index (Phi) is 6.74. The van der Waals surface area contributed by atoms with Crippen LogP contribution < -0.4 is 9.64 Å². The number of imide groups is 1. The number of hydrogen-bond donors (Lipinski definition) is 0. The number of anilines is 1. The van der Waals surface area contributed by atoms with Crippen molar-refractivity contribution in [3.8, 4) is 5.75 Å². The molecule has 3 atom stereocenters. The van der Waals surface area contributed by atoms with Gasteiger partial charge in [-0.2, -0.15) is 0 Å². The van der Waals surface area contributed by atoms with Gasteiger partial charge in [0.2, 0.25) is 17.6 Å². The zero-order valence-electron chi connectivity index (χ0n) is 20.4. The van der Waals surface area contributed by atoms with Gasteiger partial charge in [-0.1, -0.05) is 25.1 Å². The van der Waals surface area contributed by atoms with Crippen molar-refractivity contribution in [3.05, 3.63) is 96.0 Å². The number of hydrogen-bond acceptors (Lipinski definition) is 8. The number of carbonyl (C=O) groups is 5. The number of carbonyl (C=O) groups excluding carboxylic acids is 5. The summed E-state index contributed by atoms with van der Waals surface area (Å²) in [7, 11) is 0. The van der Waals surface area contributed by atoms with Crippen LogP contribution in [0, 0.1) is 17.8 Å². The molecule has 2 aromatic carbocycles. The number of amides is 2. The first-order valence-electron chi connectivity index (χ1n) is 12.0. The van der Waals surface area contributed by atoms with Gasteiger partial charge in [0.25, 0.3) is 0 Å². The van der Waals surface area contributed by atoms with Gasteiger partial charge < -0.3 is 13.9 Å². The first-order chi connectivity index (χ1) is 18.3. The summed E-state index contributed by atoms with van der Waals surface area (Å²) in [6.45, 7) is 1.39. The van der Waals surface area contributed by atoms with Gasteiger partial charge in [-0.15, -0.1) is 0 Å². The van der Waals surface area contributed by atoms with E-state index in [0.29, 0.717) is 12.1 Å². The molecule has 1 aliphatic carbocycles. The molecular formula is C29H23NO8. The molecule has 3 unspecified atom stereocenters. The van der Waals surface area contributed by atoms with Crippen molar-refractivity contribution < 1.29 is 37.9 Å². The van der Waals surface area contributed by atoms with E-state index >= 15 is 0 Å². The molecule has 0 N–H and O–H groups in total. The Morgan fingerprint density at radius 1 is 0.947 bits per heavy atom. The van der Waals surface area contributed by atoms with E-state index in [9.17, 15) is 24.0 Å². The topological polar surface area (TPSA) is 120 Å². The number of esters is 2. The van der Waals surface area contributed by atoms with Crippen molar-refractivity contribution in [2.75, 3.05) is 11.5 Å². The molecule has 0 spiro atoms. The fourth-order valence-electron chi connectivity index (χ4n) is 4.73. The molecule has 9 nitrogen and oxygen atoms in total. The summed E-state index contributed by atoms with van der Waals surface area (Å²) in [4.78, 5) is 64.3. The molecule has 1 aromatic heterocycles. The summed E-state index contributed by atoms with van der Waals surface area (Å²) in [6.07, 6.45) is 5.73. The van der Waals surface area contributed by atoms with Crippen molar-refractivity contribution in [1.82, 2.24) is 0 Å². The maximum Gasteiger partial charge on any atom is 0.379 e. The summed E-state index contributed by atoms with van der Waals surface area (Å²) in [5.41, 5.74) is 0.655. The quantitative estimate of drug-likeness (QED) is 0.151. The lowest BCUT2D eigenvalue weighted by molar-refractivity contribution is -0.122. The summed E-state index contributed by atoms with van der Waals surface area (Å²) in [6, 6.07) is 14.9. The van der Waals surface area contributed by atoms with Crippen LogP contribution in [0.1, 0.15) is 44.6 Å². The number of Topliss-reactive ketones (excluding diaryl/α,β-unsaturated/α-hetero) is 1. The molecule has 1 saturated heterocycles. The lowest BCUT2D eigenvalue weighted by atomic mass is 9.78. The second-order valence-corrected chi connectivity index (χ2v) is 9.11. The molecule has 0 saturated carbocycles. The molecule has 1 aliphatic heterocycles. The van der Waals surface area contributed by atoms with Gasteiger partial charge in [0.05, 0.1) is 29.3 Å². The normalized spacial score (nSPS) is 20.2. The van der Waals surface area contributed by atoms with E-state index in [1.807, 2.05) is 19.1 Å². The maximum absolute atomic E-state index is 13.0. The van der Waals surface area contributed by atoms with E-state index < -0.39 is 36.2 Å². The summed E-state index contributed by atoms with van der Waals surface area (Å²) in [5.74, 6) is -3.08. The predicted octanol–water partition coefficient (Wildman–Crippen LogP) is 4.24. The highest BCUT2D eigenvalue weighted by atomic mass is 16.5. The number of allylic oxidation sites excluding steroid dienone is 2. The molecule has 0 radical (unpaired) electrons. The van der Waals surface area contributed by atoms with Crippen LogP contribution >= 0.6 is 0 Å². The first kappa shape index (κ1) is 24.9.